The molecule has 0 aliphatic heterocycles. The summed E-state index contributed by atoms with van der Waals surface area (Å²) in [6, 6.07) is 28.5. The van der Waals surface area contributed by atoms with Crippen LogP contribution in [-0.2, 0) is 5.41 Å². The molecular weight excluding hydrogens is 403 g/mol. The quantitative estimate of drug-likeness (QED) is 0.412. The van der Waals surface area contributed by atoms with Gasteiger partial charge in [0.05, 0.1) is 0 Å². The van der Waals surface area contributed by atoms with Crippen molar-refractivity contribution in [3.63, 3.8) is 0 Å². The first-order valence-electron chi connectivity index (χ1n) is 8.25. The lowest BCUT2D eigenvalue weighted by Crippen LogP contribution is -2.16. The van der Waals surface area contributed by atoms with Gasteiger partial charge in [0.1, 0.15) is 0 Å². The van der Waals surface area contributed by atoms with Gasteiger partial charge in [0, 0.05) is 8.99 Å². The van der Waals surface area contributed by atoms with E-state index < -0.39 is 0 Å². The minimum absolute atomic E-state index is 0.00369. The molecular formula is C23H19I. The molecule has 1 aliphatic carbocycles. The number of hydrogen-bond donors (Lipinski definition) is 0. The zero-order valence-electron chi connectivity index (χ0n) is 13.9. The lowest BCUT2D eigenvalue weighted by molar-refractivity contribution is 0.704. The van der Waals surface area contributed by atoms with E-state index in [4.69, 9.17) is 0 Å². The summed E-state index contributed by atoms with van der Waals surface area (Å²) in [7, 11) is 0. The lowest BCUT2D eigenvalue weighted by Gasteiger charge is -2.25. The Labute approximate surface area is 157 Å². The van der Waals surface area contributed by atoms with E-state index in [1.807, 2.05) is 0 Å². The first-order valence-corrected chi connectivity index (χ1v) is 9.33. The monoisotopic (exact) mass is 422 g/mol. The van der Waals surface area contributed by atoms with Crippen molar-refractivity contribution < 1.29 is 0 Å². The van der Waals surface area contributed by atoms with Gasteiger partial charge in [-0.1, -0.05) is 80.6 Å². The Balaban J connectivity index is 2.06. The second-order valence-corrected chi connectivity index (χ2v) is 8.04. The molecule has 3 aromatic carbocycles. The van der Waals surface area contributed by atoms with Crippen LogP contribution in [0.2, 0.25) is 0 Å². The van der Waals surface area contributed by atoms with Crippen molar-refractivity contribution in [2.75, 3.05) is 0 Å². The van der Waals surface area contributed by atoms with E-state index in [0.29, 0.717) is 0 Å². The van der Waals surface area contributed by atoms with E-state index in [2.05, 4.69) is 115 Å². The predicted molar refractivity (Wildman–Crippen MR) is 111 cm³/mol. The smallest absolute Gasteiger partial charge is 0.0165 e. The van der Waals surface area contributed by atoms with Crippen LogP contribution in [0.4, 0.5) is 0 Å². The first kappa shape index (κ1) is 15.6. The van der Waals surface area contributed by atoms with Crippen LogP contribution in [0.3, 0.4) is 0 Å². The fourth-order valence-corrected chi connectivity index (χ4v) is 4.21. The molecule has 0 N–H and O–H groups in total. The molecule has 0 spiro atoms. The van der Waals surface area contributed by atoms with Crippen molar-refractivity contribution in [1.29, 1.82) is 0 Å². The summed E-state index contributed by atoms with van der Waals surface area (Å²) in [4.78, 5) is 0. The van der Waals surface area contributed by atoms with E-state index >= 15 is 0 Å². The van der Waals surface area contributed by atoms with E-state index in [1.165, 1.54) is 37.0 Å². The number of hydrogen-bond acceptors (Lipinski definition) is 0. The third kappa shape index (κ3) is 2.42. The molecule has 0 radical (unpaired) electrons. The predicted octanol–water partition coefficient (Wildman–Crippen LogP) is 6.54. The number of fused-ring (bicyclic) bond motifs is 1. The standard InChI is InChI=1S/C23H19I/c1-23(2)20-11-7-6-10-19(20)21(16-12-14-18(24)15-13-16)22(23)17-8-4-3-5-9-17/h3-15H,1-2H3. The summed E-state index contributed by atoms with van der Waals surface area (Å²) >= 11 is 2.37. The number of halogens is 1. The van der Waals surface area contributed by atoms with Crippen LogP contribution in [-0.4, -0.2) is 0 Å². The summed E-state index contributed by atoms with van der Waals surface area (Å²) in [5.74, 6) is 0. The molecule has 0 bridgehead atoms. The highest BCUT2D eigenvalue weighted by atomic mass is 127. The minimum atomic E-state index is -0.00369. The first-order chi connectivity index (χ1) is 11.6. The molecule has 0 atom stereocenters. The average molecular weight is 422 g/mol. The van der Waals surface area contributed by atoms with E-state index in [0.717, 1.165) is 0 Å². The molecule has 24 heavy (non-hydrogen) atoms. The van der Waals surface area contributed by atoms with Crippen LogP contribution >= 0.6 is 22.6 Å². The van der Waals surface area contributed by atoms with Crippen molar-refractivity contribution in [3.8, 4) is 0 Å². The fourth-order valence-electron chi connectivity index (χ4n) is 3.85. The number of benzene rings is 3. The van der Waals surface area contributed by atoms with Gasteiger partial charge in [0.2, 0.25) is 0 Å². The molecule has 3 aromatic rings. The Kier molecular flexibility index (Phi) is 3.84. The SMILES string of the molecule is CC1(C)C(c2ccccc2)=C(c2ccc(I)cc2)c2ccccc21. The van der Waals surface area contributed by atoms with Crippen molar-refractivity contribution in [1.82, 2.24) is 0 Å². The molecule has 0 fully saturated rings. The third-order valence-corrected chi connectivity index (χ3v) is 5.66. The second kappa shape index (κ2) is 5.89. The Morgan fingerprint density at radius 2 is 1.29 bits per heavy atom. The van der Waals surface area contributed by atoms with Crippen LogP contribution in [0.5, 0.6) is 0 Å². The molecule has 1 aliphatic rings. The molecule has 0 heterocycles. The van der Waals surface area contributed by atoms with Crippen LogP contribution < -0.4 is 0 Å². The van der Waals surface area contributed by atoms with Gasteiger partial charge >= 0.3 is 0 Å². The highest BCUT2D eigenvalue weighted by molar-refractivity contribution is 14.1. The van der Waals surface area contributed by atoms with E-state index in [1.54, 1.807) is 0 Å². The van der Waals surface area contributed by atoms with Gasteiger partial charge in [-0.2, -0.15) is 0 Å². The van der Waals surface area contributed by atoms with E-state index in [9.17, 15) is 0 Å². The second-order valence-electron chi connectivity index (χ2n) is 6.79. The summed E-state index contributed by atoms with van der Waals surface area (Å²) in [5, 5.41) is 0. The van der Waals surface area contributed by atoms with Crippen molar-refractivity contribution in [3.05, 3.63) is 105 Å². The third-order valence-electron chi connectivity index (χ3n) is 4.94. The van der Waals surface area contributed by atoms with Crippen LogP contribution in [0.1, 0.15) is 36.1 Å². The van der Waals surface area contributed by atoms with Gasteiger partial charge in [-0.25, -0.2) is 0 Å². The molecule has 0 aromatic heterocycles. The molecule has 0 nitrogen and oxygen atoms in total. The van der Waals surface area contributed by atoms with Gasteiger partial charge in [0.15, 0.2) is 0 Å². The van der Waals surface area contributed by atoms with Gasteiger partial charge in [-0.15, -0.1) is 0 Å². The Hall–Kier alpha value is -1.87. The summed E-state index contributed by atoms with van der Waals surface area (Å²) < 4.78 is 1.27. The zero-order valence-corrected chi connectivity index (χ0v) is 16.0. The average Bonchev–Trinajstić information content (AvgIpc) is 2.84. The highest BCUT2D eigenvalue weighted by Gasteiger charge is 2.38. The van der Waals surface area contributed by atoms with Gasteiger partial charge in [-0.05, 0) is 68.1 Å². The molecule has 0 unspecified atom stereocenters. The topological polar surface area (TPSA) is 0 Å². The minimum Gasteiger partial charge on any atom is -0.0622 e. The zero-order chi connectivity index (χ0) is 16.7. The van der Waals surface area contributed by atoms with Crippen molar-refractivity contribution in [2.45, 2.75) is 19.3 Å². The van der Waals surface area contributed by atoms with Crippen LogP contribution in [0.15, 0.2) is 78.9 Å². The summed E-state index contributed by atoms with van der Waals surface area (Å²) in [6.45, 7) is 4.68. The van der Waals surface area contributed by atoms with Gasteiger partial charge in [-0.3, -0.25) is 0 Å². The maximum atomic E-state index is 2.37. The Bertz CT molecular complexity index is 916. The largest absolute Gasteiger partial charge is 0.0622 e. The maximum Gasteiger partial charge on any atom is 0.0165 e. The Morgan fingerprint density at radius 3 is 2.00 bits per heavy atom. The lowest BCUT2D eigenvalue weighted by atomic mass is 9.78. The molecule has 0 amide bonds. The number of allylic oxidation sites excluding steroid dienone is 1. The maximum absolute atomic E-state index is 2.37. The highest BCUT2D eigenvalue weighted by Crippen LogP contribution is 2.52. The number of rotatable bonds is 2. The fraction of sp³-hybridized carbons (Fsp3) is 0.130. The normalized spacial score (nSPS) is 15.5. The van der Waals surface area contributed by atoms with Crippen molar-refractivity contribution in [2.24, 2.45) is 0 Å². The van der Waals surface area contributed by atoms with Gasteiger partial charge < -0.3 is 0 Å². The van der Waals surface area contributed by atoms with Crippen LogP contribution in [0.25, 0.3) is 11.1 Å². The van der Waals surface area contributed by atoms with Gasteiger partial charge in [0.25, 0.3) is 0 Å². The summed E-state index contributed by atoms with van der Waals surface area (Å²) in [6.07, 6.45) is 0. The molecule has 0 saturated carbocycles. The molecule has 118 valence electrons. The molecule has 0 saturated heterocycles. The van der Waals surface area contributed by atoms with Crippen LogP contribution in [0, 0.1) is 3.57 Å². The molecule has 1 heteroatoms. The molecule has 4 rings (SSSR count). The Morgan fingerprint density at radius 1 is 0.667 bits per heavy atom. The summed E-state index contributed by atoms with van der Waals surface area (Å²) in [5.41, 5.74) is 8.18. The van der Waals surface area contributed by atoms with Crippen molar-refractivity contribution >= 4 is 33.7 Å². The van der Waals surface area contributed by atoms with E-state index in [-0.39, 0.29) is 5.41 Å².